The molecule has 0 spiro atoms. The van der Waals surface area contributed by atoms with Crippen LogP contribution in [-0.4, -0.2) is 56.3 Å². The zero-order valence-electron chi connectivity index (χ0n) is 19.1. The molecule has 0 aliphatic carbocycles. The Morgan fingerprint density at radius 3 is 2.44 bits per heavy atom. The molecule has 0 radical (unpaired) electrons. The van der Waals surface area contributed by atoms with E-state index in [1.54, 1.807) is 12.1 Å². The van der Waals surface area contributed by atoms with Crippen molar-refractivity contribution in [1.82, 2.24) is 4.90 Å². The van der Waals surface area contributed by atoms with Crippen molar-refractivity contribution >= 4 is 33.0 Å². The van der Waals surface area contributed by atoms with E-state index in [1.165, 1.54) is 4.90 Å². The Labute approximate surface area is 190 Å². The van der Waals surface area contributed by atoms with Gasteiger partial charge in [-0.1, -0.05) is 18.2 Å². The Balaban J connectivity index is 1.84. The Morgan fingerprint density at radius 2 is 1.84 bits per heavy atom. The van der Waals surface area contributed by atoms with Gasteiger partial charge in [-0.05, 0) is 62.6 Å². The van der Waals surface area contributed by atoms with E-state index < -0.39 is 15.9 Å². The molecule has 1 atom stereocenters. The summed E-state index contributed by atoms with van der Waals surface area (Å²) >= 11 is 0. The fourth-order valence-corrected chi connectivity index (χ4v) is 4.72. The standard InChI is InChI=1S/C24H31N3O4S/c1-5-26(6-2)19-11-12-21(17(3)15-19)25-23(28)22(13-14-32(4,30)31)27-16-18-9-7-8-10-20(18)24(27)29/h7-12,15,22H,5-6,13-14,16H2,1-4H3,(H,25,28)/t22-/m1/s1. The summed E-state index contributed by atoms with van der Waals surface area (Å²) in [6.07, 6.45) is 1.18. The van der Waals surface area contributed by atoms with Crippen LogP contribution in [0.15, 0.2) is 42.5 Å². The topological polar surface area (TPSA) is 86.8 Å². The van der Waals surface area contributed by atoms with Crippen molar-refractivity contribution in [3.05, 3.63) is 59.2 Å². The molecule has 2 amide bonds. The second kappa shape index (κ2) is 9.73. The number of hydrogen-bond acceptors (Lipinski definition) is 5. The van der Waals surface area contributed by atoms with Crippen molar-refractivity contribution < 1.29 is 18.0 Å². The van der Waals surface area contributed by atoms with Gasteiger partial charge in [0.25, 0.3) is 5.91 Å². The fourth-order valence-electron chi connectivity index (χ4n) is 4.07. The molecule has 0 bridgehead atoms. The number of anilines is 2. The zero-order chi connectivity index (χ0) is 23.5. The van der Waals surface area contributed by atoms with Crippen molar-refractivity contribution in [3.8, 4) is 0 Å². The van der Waals surface area contributed by atoms with E-state index >= 15 is 0 Å². The molecular weight excluding hydrogens is 426 g/mol. The van der Waals surface area contributed by atoms with Crippen LogP contribution in [0.1, 0.15) is 41.8 Å². The SMILES string of the molecule is CCN(CC)c1ccc(NC(=O)[C@@H](CCS(C)(=O)=O)N2Cc3ccccc3C2=O)c(C)c1. The second-order valence-electron chi connectivity index (χ2n) is 8.19. The van der Waals surface area contributed by atoms with Crippen molar-refractivity contribution in [3.63, 3.8) is 0 Å². The van der Waals surface area contributed by atoms with Gasteiger partial charge in [0.2, 0.25) is 5.91 Å². The third-order valence-electron chi connectivity index (χ3n) is 5.89. The van der Waals surface area contributed by atoms with Crippen LogP contribution in [-0.2, 0) is 21.2 Å². The van der Waals surface area contributed by atoms with Gasteiger partial charge in [-0.25, -0.2) is 8.42 Å². The minimum absolute atomic E-state index is 0.0426. The lowest BCUT2D eigenvalue weighted by atomic mass is 10.1. The second-order valence-corrected chi connectivity index (χ2v) is 10.4. The predicted molar refractivity (Wildman–Crippen MR) is 128 cm³/mol. The number of sulfone groups is 1. The van der Waals surface area contributed by atoms with Crippen LogP contribution >= 0.6 is 0 Å². The quantitative estimate of drug-likeness (QED) is 0.625. The van der Waals surface area contributed by atoms with Gasteiger partial charge in [0, 0.05) is 42.8 Å². The monoisotopic (exact) mass is 457 g/mol. The van der Waals surface area contributed by atoms with Gasteiger partial charge in [0.05, 0.1) is 5.75 Å². The number of benzene rings is 2. The molecule has 1 heterocycles. The first-order chi connectivity index (χ1) is 15.1. The summed E-state index contributed by atoms with van der Waals surface area (Å²) in [5, 5.41) is 2.93. The van der Waals surface area contributed by atoms with Crippen molar-refractivity contribution in [2.75, 3.05) is 35.3 Å². The number of nitrogens with zero attached hydrogens (tertiary/aromatic N) is 2. The Morgan fingerprint density at radius 1 is 1.16 bits per heavy atom. The van der Waals surface area contributed by atoms with E-state index in [4.69, 9.17) is 0 Å². The average Bonchev–Trinajstić information content (AvgIpc) is 3.07. The van der Waals surface area contributed by atoms with Crippen LogP contribution in [0, 0.1) is 6.92 Å². The highest BCUT2D eigenvalue weighted by atomic mass is 32.2. The number of fused-ring (bicyclic) bond motifs is 1. The van der Waals surface area contributed by atoms with E-state index in [1.807, 2.05) is 37.3 Å². The number of hydrogen-bond donors (Lipinski definition) is 1. The summed E-state index contributed by atoms with van der Waals surface area (Å²) in [6, 6.07) is 12.2. The van der Waals surface area contributed by atoms with Gasteiger partial charge in [-0.3, -0.25) is 9.59 Å². The summed E-state index contributed by atoms with van der Waals surface area (Å²) in [6.45, 7) is 8.15. The molecule has 2 aromatic rings. The molecule has 0 saturated heterocycles. The summed E-state index contributed by atoms with van der Waals surface area (Å²) in [4.78, 5) is 29.9. The number of rotatable bonds is 9. The van der Waals surface area contributed by atoms with Gasteiger partial charge < -0.3 is 15.1 Å². The Kier molecular flexibility index (Phi) is 7.23. The first-order valence-corrected chi connectivity index (χ1v) is 12.9. The molecule has 32 heavy (non-hydrogen) atoms. The summed E-state index contributed by atoms with van der Waals surface area (Å²) in [7, 11) is -3.29. The summed E-state index contributed by atoms with van der Waals surface area (Å²) in [5.74, 6) is -0.804. The van der Waals surface area contributed by atoms with E-state index in [9.17, 15) is 18.0 Å². The van der Waals surface area contributed by atoms with E-state index in [0.717, 1.165) is 36.2 Å². The highest BCUT2D eigenvalue weighted by Gasteiger charge is 2.36. The Hall–Kier alpha value is -2.87. The first-order valence-electron chi connectivity index (χ1n) is 10.9. The van der Waals surface area contributed by atoms with Crippen LogP contribution in [0.2, 0.25) is 0 Å². The molecule has 0 saturated carbocycles. The van der Waals surface area contributed by atoms with E-state index in [-0.39, 0.29) is 30.5 Å². The number of amides is 2. The van der Waals surface area contributed by atoms with Gasteiger partial charge in [-0.2, -0.15) is 0 Å². The van der Waals surface area contributed by atoms with E-state index in [2.05, 4.69) is 24.1 Å². The van der Waals surface area contributed by atoms with Crippen molar-refractivity contribution in [2.45, 2.75) is 39.8 Å². The largest absolute Gasteiger partial charge is 0.372 e. The van der Waals surface area contributed by atoms with Crippen LogP contribution in [0.4, 0.5) is 11.4 Å². The Bertz CT molecular complexity index is 1110. The highest BCUT2D eigenvalue weighted by Crippen LogP contribution is 2.28. The molecule has 0 fully saturated rings. The predicted octanol–water partition coefficient (Wildman–Crippen LogP) is 3.24. The zero-order valence-corrected chi connectivity index (χ0v) is 19.9. The maximum absolute atomic E-state index is 13.3. The lowest BCUT2D eigenvalue weighted by molar-refractivity contribution is -0.120. The molecular formula is C24H31N3O4S. The van der Waals surface area contributed by atoms with Gasteiger partial charge >= 0.3 is 0 Å². The molecule has 8 heteroatoms. The highest BCUT2D eigenvalue weighted by molar-refractivity contribution is 7.90. The van der Waals surface area contributed by atoms with Crippen molar-refractivity contribution in [1.29, 1.82) is 0 Å². The third kappa shape index (κ3) is 5.30. The maximum Gasteiger partial charge on any atom is 0.255 e. The maximum atomic E-state index is 13.3. The molecule has 1 N–H and O–H groups in total. The number of nitrogens with one attached hydrogen (secondary N) is 1. The normalized spacial score (nSPS) is 14.2. The minimum atomic E-state index is -3.29. The molecule has 0 unspecified atom stereocenters. The lowest BCUT2D eigenvalue weighted by Gasteiger charge is -2.27. The number of aryl methyl sites for hydroxylation is 1. The lowest BCUT2D eigenvalue weighted by Crippen LogP contribution is -2.45. The molecule has 172 valence electrons. The summed E-state index contributed by atoms with van der Waals surface area (Å²) < 4.78 is 23.6. The van der Waals surface area contributed by atoms with Crippen LogP contribution in [0.25, 0.3) is 0 Å². The van der Waals surface area contributed by atoms with Crippen molar-refractivity contribution in [2.24, 2.45) is 0 Å². The van der Waals surface area contributed by atoms with Gasteiger partial charge in [0.15, 0.2) is 0 Å². The first kappa shape index (κ1) is 23.8. The molecule has 2 aromatic carbocycles. The van der Waals surface area contributed by atoms with Crippen LogP contribution in [0.5, 0.6) is 0 Å². The minimum Gasteiger partial charge on any atom is -0.372 e. The van der Waals surface area contributed by atoms with Gasteiger partial charge in [0.1, 0.15) is 15.9 Å². The third-order valence-corrected chi connectivity index (χ3v) is 6.86. The number of carbonyl (C=O) groups excluding carboxylic acids is 2. The molecule has 1 aliphatic heterocycles. The molecule has 7 nitrogen and oxygen atoms in total. The van der Waals surface area contributed by atoms with Gasteiger partial charge in [-0.15, -0.1) is 0 Å². The fraction of sp³-hybridized carbons (Fsp3) is 0.417. The average molecular weight is 458 g/mol. The van der Waals surface area contributed by atoms with Crippen LogP contribution < -0.4 is 10.2 Å². The van der Waals surface area contributed by atoms with Crippen LogP contribution in [0.3, 0.4) is 0 Å². The molecule has 0 aromatic heterocycles. The number of carbonyl (C=O) groups is 2. The smallest absolute Gasteiger partial charge is 0.255 e. The molecule has 3 rings (SSSR count). The molecule has 1 aliphatic rings. The summed E-state index contributed by atoms with van der Waals surface area (Å²) in [5.41, 5.74) is 4.03. The van der Waals surface area contributed by atoms with E-state index in [0.29, 0.717) is 11.3 Å².